The first-order chi connectivity index (χ1) is 17.5. The first-order valence-corrected chi connectivity index (χ1v) is 13.2. The Kier molecular flexibility index (Phi) is 8.94. The van der Waals surface area contributed by atoms with Crippen LogP contribution in [-0.4, -0.2) is 28.8 Å². The first-order valence-electron chi connectivity index (χ1n) is 13.2. The third-order valence-corrected chi connectivity index (χ3v) is 7.26. The Balaban J connectivity index is 1.66. The van der Waals surface area contributed by atoms with Crippen LogP contribution in [0.15, 0.2) is 78.9 Å². The van der Waals surface area contributed by atoms with Crippen LogP contribution in [0.25, 0.3) is 0 Å². The Morgan fingerprint density at radius 3 is 2.17 bits per heavy atom. The highest BCUT2D eigenvalue weighted by Crippen LogP contribution is 2.21. The lowest BCUT2D eigenvalue weighted by Gasteiger charge is -2.33. The number of nitrogens with zero attached hydrogens (tertiary/aromatic N) is 1. The molecular weight excluding hydrogens is 444 g/mol. The largest absolute Gasteiger partial charge is 0.352 e. The Bertz CT molecular complexity index is 1140. The van der Waals surface area contributed by atoms with Crippen LogP contribution < -0.4 is 5.32 Å². The number of carbonyl (C=O) groups is 2. The molecule has 1 saturated carbocycles. The van der Waals surface area contributed by atoms with Gasteiger partial charge >= 0.3 is 0 Å². The highest BCUT2D eigenvalue weighted by atomic mass is 16.2. The molecule has 1 atom stereocenters. The Morgan fingerprint density at radius 2 is 1.50 bits per heavy atom. The molecular formula is C32H38N2O2. The summed E-state index contributed by atoms with van der Waals surface area (Å²) in [5.74, 6) is -0.0664. The van der Waals surface area contributed by atoms with Gasteiger partial charge in [0.05, 0.1) is 6.42 Å². The first kappa shape index (κ1) is 25.7. The minimum atomic E-state index is -0.577. The summed E-state index contributed by atoms with van der Waals surface area (Å²) in [7, 11) is 0. The molecule has 0 saturated heterocycles. The minimum absolute atomic E-state index is 0.0210. The van der Waals surface area contributed by atoms with E-state index in [9.17, 15) is 9.59 Å². The summed E-state index contributed by atoms with van der Waals surface area (Å²) in [5.41, 5.74) is 5.33. The lowest BCUT2D eigenvalue weighted by Crippen LogP contribution is -2.53. The van der Waals surface area contributed by atoms with Gasteiger partial charge in [0.1, 0.15) is 6.04 Å². The van der Waals surface area contributed by atoms with Crippen LogP contribution in [0.4, 0.5) is 0 Å². The van der Waals surface area contributed by atoms with Crippen LogP contribution in [0.5, 0.6) is 0 Å². The minimum Gasteiger partial charge on any atom is -0.352 e. The molecule has 1 aliphatic carbocycles. The maximum absolute atomic E-state index is 14.0. The van der Waals surface area contributed by atoms with E-state index in [0.717, 1.165) is 53.5 Å². The number of benzene rings is 3. The van der Waals surface area contributed by atoms with E-state index in [1.807, 2.05) is 79.4 Å². The van der Waals surface area contributed by atoms with Gasteiger partial charge in [0, 0.05) is 19.0 Å². The second kappa shape index (κ2) is 12.5. The number of hydrogen-bond acceptors (Lipinski definition) is 2. The number of carbonyl (C=O) groups excluding carboxylic acids is 2. The summed E-state index contributed by atoms with van der Waals surface area (Å²) in [4.78, 5) is 29.6. The van der Waals surface area contributed by atoms with Crippen molar-refractivity contribution in [3.8, 4) is 0 Å². The van der Waals surface area contributed by atoms with Gasteiger partial charge in [0.25, 0.3) is 0 Å². The molecule has 0 heterocycles. The van der Waals surface area contributed by atoms with Gasteiger partial charge in [0.15, 0.2) is 0 Å². The molecule has 0 spiro atoms. The van der Waals surface area contributed by atoms with Crippen molar-refractivity contribution in [2.75, 3.05) is 0 Å². The van der Waals surface area contributed by atoms with Crippen LogP contribution in [0.3, 0.4) is 0 Å². The second-order valence-corrected chi connectivity index (χ2v) is 10.2. The molecule has 4 heteroatoms. The molecule has 4 rings (SSSR count). The molecule has 0 radical (unpaired) electrons. The molecule has 1 N–H and O–H groups in total. The van der Waals surface area contributed by atoms with E-state index >= 15 is 0 Å². The third-order valence-electron chi connectivity index (χ3n) is 7.26. The van der Waals surface area contributed by atoms with Gasteiger partial charge in [-0.05, 0) is 48.9 Å². The van der Waals surface area contributed by atoms with Crippen molar-refractivity contribution >= 4 is 11.8 Å². The van der Waals surface area contributed by atoms with Crippen LogP contribution in [0, 0.1) is 13.8 Å². The molecule has 1 fully saturated rings. The molecule has 0 aromatic heterocycles. The van der Waals surface area contributed by atoms with Crippen molar-refractivity contribution in [1.82, 2.24) is 10.2 Å². The van der Waals surface area contributed by atoms with E-state index < -0.39 is 6.04 Å². The molecule has 188 valence electrons. The maximum Gasteiger partial charge on any atom is 0.243 e. The van der Waals surface area contributed by atoms with Crippen molar-refractivity contribution in [1.29, 1.82) is 0 Å². The van der Waals surface area contributed by atoms with E-state index in [1.165, 1.54) is 6.42 Å². The quantitative estimate of drug-likeness (QED) is 0.411. The summed E-state index contributed by atoms with van der Waals surface area (Å²) in [5, 5.41) is 3.31. The van der Waals surface area contributed by atoms with Gasteiger partial charge in [-0.2, -0.15) is 0 Å². The SMILES string of the molecule is Cc1ccc(C)c(CC(=O)N(Cc2ccccc2)[C@H](Cc2ccccc2)C(=O)NC2CCCCC2)c1. The zero-order chi connectivity index (χ0) is 25.3. The maximum atomic E-state index is 14.0. The Labute approximate surface area is 215 Å². The molecule has 0 unspecified atom stereocenters. The topological polar surface area (TPSA) is 49.4 Å². The van der Waals surface area contributed by atoms with Crippen LogP contribution in [0.2, 0.25) is 0 Å². The Morgan fingerprint density at radius 1 is 0.861 bits per heavy atom. The van der Waals surface area contributed by atoms with Crippen molar-refractivity contribution < 1.29 is 9.59 Å². The predicted molar refractivity (Wildman–Crippen MR) is 146 cm³/mol. The number of rotatable bonds is 9. The van der Waals surface area contributed by atoms with Crippen LogP contribution in [-0.2, 0) is 29.0 Å². The average molecular weight is 483 g/mol. The number of nitrogens with one attached hydrogen (secondary N) is 1. The van der Waals surface area contributed by atoms with Gasteiger partial charge in [-0.1, -0.05) is 104 Å². The standard InChI is InChI=1S/C32H38N2O2/c1-24-18-19-25(2)28(20-24)22-31(35)34(23-27-14-8-4-9-15-27)30(21-26-12-6-3-7-13-26)32(36)33-29-16-10-5-11-17-29/h3-4,6-9,12-15,18-20,29-30H,5,10-11,16-17,21-23H2,1-2H3,(H,33,36)/t30-/m1/s1. The molecule has 3 aromatic carbocycles. The van der Waals surface area contributed by atoms with E-state index in [2.05, 4.69) is 23.5 Å². The Hall–Kier alpha value is -3.40. The van der Waals surface area contributed by atoms with Gasteiger partial charge < -0.3 is 10.2 Å². The van der Waals surface area contributed by atoms with E-state index in [4.69, 9.17) is 0 Å². The number of aryl methyl sites for hydroxylation is 2. The summed E-state index contributed by atoms with van der Waals surface area (Å²) in [6, 6.07) is 25.9. The second-order valence-electron chi connectivity index (χ2n) is 10.2. The zero-order valence-electron chi connectivity index (χ0n) is 21.6. The molecule has 3 aromatic rings. The summed E-state index contributed by atoms with van der Waals surface area (Å²) >= 11 is 0. The van der Waals surface area contributed by atoms with Gasteiger partial charge in [0.2, 0.25) is 11.8 Å². The smallest absolute Gasteiger partial charge is 0.243 e. The molecule has 2 amide bonds. The molecule has 36 heavy (non-hydrogen) atoms. The third kappa shape index (κ3) is 7.07. The van der Waals surface area contributed by atoms with E-state index in [-0.39, 0.29) is 24.3 Å². The van der Waals surface area contributed by atoms with E-state index in [1.54, 1.807) is 0 Å². The fourth-order valence-electron chi connectivity index (χ4n) is 5.13. The average Bonchev–Trinajstić information content (AvgIpc) is 2.90. The summed E-state index contributed by atoms with van der Waals surface area (Å²) < 4.78 is 0. The molecule has 0 bridgehead atoms. The normalized spacial score (nSPS) is 14.7. The van der Waals surface area contributed by atoms with Crippen LogP contribution >= 0.6 is 0 Å². The van der Waals surface area contributed by atoms with Gasteiger partial charge in [-0.3, -0.25) is 9.59 Å². The van der Waals surface area contributed by atoms with Gasteiger partial charge in [-0.25, -0.2) is 0 Å². The lowest BCUT2D eigenvalue weighted by atomic mass is 9.94. The highest BCUT2D eigenvalue weighted by Gasteiger charge is 2.32. The molecule has 4 nitrogen and oxygen atoms in total. The fourth-order valence-corrected chi connectivity index (χ4v) is 5.13. The molecule has 0 aliphatic heterocycles. The van der Waals surface area contributed by atoms with Crippen molar-refractivity contribution in [2.24, 2.45) is 0 Å². The van der Waals surface area contributed by atoms with Crippen molar-refractivity contribution in [3.05, 3.63) is 107 Å². The lowest BCUT2D eigenvalue weighted by molar-refractivity contribution is -0.141. The monoisotopic (exact) mass is 482 g/mol. The number of hydrogen-bond donors (Lipinski definition) is 1. The fraction of sp³-hybridized carbons (Fsp3) is 0.375. The van der Waals surface area contributed by atoms with Gasteiger partial charge in [-0.15, -0.1) is 0 Å². The van der Waals surface area contributed by atoms with E-state index in [0.29, 0.717) is 13.0 Å². The summed E-state index contributed by atoms with van der Waals surface area (Å²) in [6.45, 7) is 4.49. The predicted octanol–water partition coefficient (Wildman–Crippen LogP) is 5.93. The molecule has 1 aliphatic rings. The summed E-state index contributed by atoms with van der Waals surface area (Å²) in [6.07, 6.45) is 6.32. The highest BCUT2D eigenvalue weighted by molar-refractivity contribution is 5.89. The number of amides is 2. The van der Waals surface area contributed by atoms with Crippen LogP contribution in [0.1, 0.15) is 59.9 Å². The van der Waals surface area contributed by atoms with Crippen molar-refractivity contribution in [3.63, 3.8) is 0 Å². The van der Waals surface area contributed by atoms with Crippen molar-refractivity contribution in [2.45, 2.75) is 77.4 Å². The zero-order valence-corrected chi connectivity index (χ0v) is 21.6.